The minimum absolute atomic E-state index is 0.894. The van der Waals surface area contributed by atoms with Crippen molar-refractivity contribution >= 4 is 37.6 Å². The number of hydrogen-bond donors (Lipinski definition) is 0. The van der Waals surface area contributed by atoms with Gasteiger partial charge in [-0.25, -0.2) is 9.97 Å². The summed E-state index contributed by atoms with van der Waals surface area (Å²) in [7, 11) is 0. The van der Waals surface area contributed by atoms with Gasteiger partial charge in [-0.2, -0.15) is 0 Å². The third-order valence-corrected chi connectivity index (χ3v) is 2.79. The molecule has 0 atom stereocenters. The number of thiazole rings is 1. The highest BCUT2D eigenvalue weighted by atomic mass is 79.9. The SMILES string of the molecule is Cc1cnc2sc(Br)nc2c1. The van der Waals surface area contributed by atoms with Gasteiger partial charge in [0, 0.05) is 6.20 Å². The minimum Gasteiger partial charge on any atom is -0.243 e. The third kappa shape index (κ3) is 1.28. The highest BCUT2D eigenvalue weighted by Crippen LogP contribution is 2.24. The molecule has 0 bridgehead atoms. The van der Waals surface area contributed by atoms with Crippen LogP contribution in [-0.4, -0.2) is 9.97 Å². The number of aromatic nitrogens is 2. The lowest BCUT2D eigenvalue weighted by Crippen LogP contribution is -1.75. The fourth-order valence-corrected chi connectivity index (χ4v) is 2.17. The summed E-state index contributed by atoms with van der Waals surface area (Å²) in [5, 5.41) is 0. The van der Waals surface area contributed by atoms with Gasteiger partial charge < -0.3 is 0 Å². The molecule has 0 N–H and O–H groups in total. The highest BCUT2D eigenvalue weighted by Gasteiger charge is 2.00. The largest absolute Gasteiger partial charge is 0.243 e. The lowest BCUT2D eigenvalue weighted by Gasteiger charge is -1.87. The molecule has 2 aromatic heterocycles. The van der Waals surface area contributed by atoms with E-state index in [1.54, 1.807) is 11.3 Å². The third-order valence-electron chi connectivity index (χ3n) is 1.36. The van der Waals surface area contributed by atoms with E-state index in [0.717, 1.165) is 19.8 Å². The van der Waals surface area contributed by atoms with Crippen LogP contribution < -0.4 is 0 Å². The second-order valence-electron chi connectivity index (χ2n) is 2.30. The van der Waals surface area contributed by atoms with E-state index in [2.05, 4.69) is 25.9 Å². The zero-order valence-electron chi connectivity index (χ0n) is 5.84. The van der Waals surface area contributed by atoms with Crippen molar-refractivity contribution in [1.29, 1.82) is 0 Å². The van der Waals surface area contributed by atoms with Gasteiger partial charge in [0.1, 0.15) is 10.3 Å². The van der Waals surface area contributed by atoms with Crippen LogP contribution in [0.5, 0.6) is 0 Å². The molecule has 0 aliphatic heterocycles. The predicted molar refractivity (Wildman–Crippen MR) is 49.9 cm³/mol. The maximum atomic E-state index is 4.25. The van der Waals surface area contributed by atoms with E-state index in [1.807, 2.05) is 19.2 Å². The van der Waals surface area contributed by atoms with Crippen LogP contribution in [0, 0.1) is 6.92 Å². The van der Waals surface area contributed by atoms with Gasteiger partial charge in [-0.15, -0.1) is 0 Å². The average molecular weight is 229 g/mol. The van der Waals surface area contributed by atoms with Crippen molar-refractivity contribution in [3.63, 3.8) is 0 Å². The van der Waals surface area contributed by atoms with Crippen molar-refractivity contribution in [2.24, 2.45) is 0 Å². The Labute approximate surface area is 76.4 Å². The lowest BCUT2D eigenvalue weighted by atomic mass is 10.3. The summed E-state index contributed by atoms with van der Waals surface area (Å²) < 4.78 is 0.894. The topological polar surface area (TPSA) is 25.8 Å². The summed E-state index contributed by atoms with van der Waals surface area (Å²) in [6, 6.07) is 2.03. The Balaban J connectivity index is 2.82. The molecule has 0 amide bonds. The first-order chi connectivity index (χ1) is 5.25. The standard InChI is InChI=1S/C7H5BrN2S/c1-4-2-5-6(9-3-4)11-7(8)10-5/h2-3H,1H3. The molecule has 0 saturated heterocycles. The van der Waals surface area contributed by atoms with E-state index in [0.29, 0.717) is 0 Å². The second kappa shape index (κ2) is 2.53. The molecule has 2 aromatic rings. The van der Waals surface area contributed by atoms with E-state index in [4.69, 9.17) is 0 Å². The van der Waals surface area contributed by atoms with Gasteiger partial charge in [-0.1, -0.05) is 11.3 Å². The number of nitrogens with zero attached hydrogens (tertiary/aromatic N) is 2. The molecule has 0 saturated carbocycles. The van der Waals surface area contributed by atoms with Gasteiger partial charge in [0.15, 0.2) is 3.92 Å². The smallest absolute Gasteiger partial charge is 0.161 e. The van der Waals surface area contributed by atoms with Crippen LogP contribution in [0.3, 0.4) is 0 Å². The molecular weight excluding hydrogens is 224 g/mol. The normalized spacial score (nSPS) is 10.7. The molecule has 2 rings (SSSR count). The first-order valence-electron chi connectivity index (χ1n) is 3.14. The molecule has 11 heavy (non-hydrogen) atoms. The molecule has 0 aromatic carbocycles. The number of halogens is 1. The molecule has 0 fully saturated rings. The van der Waals surface area contributed by atoms with Crippen molar-refractivity contribution in [3.8, 4) is 0 Å². The number of pyridine rings is 1. The first kappa shape index (κ1) is 7.18. The van der Waals surface area contributed by atoms with Crippen LogP contribution in [0.15, 0.2) is 16.2 Å². The Morgan fingerprint density at radius 1 is 1.55 bits per heavy atom. The van der Waals surface area contributed by atoms with Crippen LogP contribution in [-0.2, 0) is 0 Å². The van der Waals surface area contributed by atoms with Crippen molar-refractivity contribution in [2.45, 2.75) is 6.92 Å². The number of fused-ring (bicyclic) bond motifs is 1. The second-order valence-corrected chi connectivity index (χ2v) is 4.56. The zero-order chi connectivity index (χ0) is 7.84. The van der Waals surface area contributed by atoms with E-state index in [9.17, 15) is 0 Å². The Morgan fingerprint density at radius 2 is 2.36 bits per heavy atom. The Kier molecular flexibility index (Phi) is 1.65. The van der Waals surface area contributed by atoms with E-state index in [1.165, 1.54) is 0 Å². The fourth-order valence-electron chi connectivity index (χ4n) is 0.897. The summed E-state index contributed by atoms with van der Waals surface area (Å²) in [6.45, 7) is 2.01. The van der Waals surface area contributed by atoms with Crippen LogP contribution in [0.25, 0.3) is 10.3 Å². The van der Waals surface area contributed by atoms with Crippen molar-refractivity contribution in [1.82, 2.24) is 9.97 Å². The van der Waals surface area contributed by atoms with Crippen LogP contribution in [0.4, 0.5) is 0 Å². The van der Waals surface area contributed by atoms with Gasteiger partial charge in [0.05, 0.1) is 0 Å². The van der Waals surface area contributed by atoms with Gasteiger partial charge in [-0.3, -0.25) is 0 Å². The summed E-state index contributed by atoms with van der Waals surface area (Å²) >= 11 is 4.87. The highest BCUT2D eigenvalue weighted by molar-refractivity contribution is 9.11. The van der Waals surface area contributed by atoms with Crippen LogP contribution in [0.2, 0.25) is 0 Å². The number of hydrogen-bond acceptors (Lipinski definition) is 3. The van der Waals surface area contributed by atoms with E-state index < -0.39 is 0 Å². The zero-order valence-corrected chi connectivity index (χ0v) is 8.24. The summed E-state index contributed by atoms with van der Waals surface area (Å²) in [4.78, 5) is 9.46. The molecule has 56 valence electrons. The predicted octanol–water partition coefficient (Wildman–Crippen LogP) is 2.76. The summed E-state index contributed by atoms with van der Waals surface area (Å²) in [5.41, 5.74) is 2.12. The molecule has 0 spiro atoms. The first-order valence-corrected chi connectivity index (χ1v) is 4.75. The summed E-state index contributed by atoms with van der Waals surface area (Å²) in [6.07, 6.45) is 1.85. The van der Waals surface area contributed by atoms with Gasteiger partial charge in [0.2, 0.25) is 0 Å². The minimum atomic E-state index is 0.894. The van der Waals surface area contributed by atoms with Crippen LogP contribution in [0.1, 0.15) is 5.56 Å². The Hall–Kier alpha value is -0.480. The Bertz CT molecular complexity index is 396. The van der Waals surface area contributed by atoms with Crippen molar-refractivity contribution < 1.29 is 0 Å². The number of rotatable bonds is 0. The molecule has 2 nitrogen and oxygen atoms in total. The maximum absolute atomic E-state index is 4.25. The number of aryl methyl sites for hydroxylation is 1. The average Bonchev–Trinajstić information content (AvgIpc) is 2.27. The molecule has 2 heterocycles. The molecule has 4 heteroatoms. The van der Waals surface area contributed by atoms with E-state index in [-0.39, 0.29) is 0 Å². The van der Waals surface area contributed by atoms with Gasteiger partial charge >= 0.3 is 0 Å². The summed E-state index contributed by atoms with van der Waals surface area (Å²) in [5.74, 6) is 0. The van der Waals surface area contributed by atoms with E-state index >= 15 is 0 Å². The monoisotopic (exact) mass is 228 g/mol. The quantitative estimate of drug-likeness (QED) is 0.694. The fraction of sp³-hybridized carbons (Fsp3) is 0.143. The van der Waals surface area contributed by atoms with Crippen molar-refractivity contribution in [2.75, 3.05) is 0 Å². The molecule has 0 unspecified atom stereocenters. The van der Waals surface area contributed by atoms with Crippen LogP contribution >= 0.6 is 27.3 Å². The maximum Gasteiger partial charge on any atom is 0.161 e. The van der Waals surface area contributed by atoms with Gasteiger partial charge in [-0.05, 0) is 34.5 Å². The molecule has 0 radical (unpaired) electrons. The van der Waals surface area contributed by atoms with Crippen molar-refractivity contribution in [3.05, 3.63) is 21.7 Å². The molecule has 0 aliphatic rings. The molecular formula is C7H5BrN2S. The lowest BCUT2D eigenvalue weighted by molar-refractivity contribution is 1.33. The Morgan fingerprint density at radius 3 is 3.18 bits per heavy atom. The van der Waals surface area contributed by atoms with Gasteiger partial charge in [0.25, 0.3) is 0 Å². The molecule has 0 aliphatic carbocycles.